The van der Waals surface area contributed by atoms with E-state index in [1.807, 2.05) is 22.8 Å². The molecule has 0 radical (unpaired) electrons. The zero-order chi connectivity index (χ0) is 15.0. The number of hydrogen-bond donors (Lipinski definition) is 3. The van der Waals surface area contributed by atoms with Crippen molar-refractivity contribution in [3.63, 3.8) is 0 Å². The number of hydrogen-bond acceptors (Lipinski definition) is 4. The van der Waals surface area contributed by atoms with Crippen molar-refractivity contribution in [3.8, 4) is 0 Å². The van der Waals surface area contributed by atoms with E-state index < -0.39 is 6.10 Å². The van der Waals surface area contributed by atoms with Gasteiger partial charge in [0.15, 0.2) is 0 Å². The van der Waals surface area contributed by atoms with E-state index >= 15 is 0 Å². The highest BCUT2D eigenvalue weighted by Crippen LogP contribution is 2.34. The van der Waals surface area contributed by atoms with E-state index in [9.17, 15) is 10.2 Å². The minimum atomic E-state index is -0.672. The first-order valence-corrected chi connectivity index (χ1v) is 7.71. The van der Waals surface area contributed by atoms with Crippen LogP contribution in [-0.4, -0.2) is 25.9 Å². The Kier molecular flexibility index (Phi) is 3.87. The molecule has 3 atom stereocenters. The van der Waals surface area contributed by atoms with Crippen molar-refractivity contribution >= 4 is 16.7 Å². The van der Waals surface area contributed by atoms with E-state index in [4.69, 9.17) is 5.73 Å². The van der Waals surface area contributed by atoms with Gasteiger partial charge in [-0.05, 0) is 38.0 Å². The average molecular weight is 289 g/mol. The van der Waals surface area contributed by atoms with Gasteiger partial charge >= 0.3 is 0 Å². The minimum absolute atomic E-state index is 0.0225. The zero-order valence-electron chi connectivity index (χ0n) is 12.4. The van der Waals surface area contributed by atoms with Crippen LogP contribution in [0.3, 0.4) is 0 Å². The van der Waals surface area contributed by atoms with Gasteiger partial charge in [0.05, 0.1) is 23.2 Å². The first-order chi connectivity index (χ1) is 10.1. The molecule has 1 fully saturated rings. The summed E-state index contributed by atoms with van der Waals surface area (Å²) in [5.74, 6) is 0.613. The molecular formula is C16H23N3O2. The first kappa shape index (κ1) is 14.4. The van der Waals surface area contributed by atoms with Crippen LogP contribution >= 0.6 is 0 Å². The van der Waals surface area contributed by atoms with E-state index in [0.717, 1.165) is 43.1 Å². The lowest BCUT2D eigenvalue weighted by molar-refractivity contribution is 0.0986. The number of aromatic nitrogens is 2. The minimum Gasteiger partial charge on any atom is -0.399 e. The lowest BCUT2D eigenvalue weighted by Gasteiger charge is -2.25. The van der Waals surface area contributed by atoms with Crippen molar-refractivity contribution in [1.82, 2.24) is 9.55 Å². The van der Waals surface area contributed by atoms with Gasteiger partial charge in [-0.2, -0.15) is 0 Å². The molecule has 1 heterocycles. The second-order valence-corrected chi connectivity index (χ2v) is 6.04. The maximum absolute atomic E-state index is 10.5. The molecule has 0 saturated heterocycles. The molecule has 1 saturated carbocycles. The normalized spacial score (nSPS) is 24.9. The van der Waals surface area contributed by atoms with Crippen LogP contribution in [0.1, 0.15) is 57.0 Å². The van der Waals surface area contributed by atoms with Crippen LogP contribution in [0.15, 0.2) is 18.2 Å². The fourth-order valence-electron chi connectivity index (χ4n) is 3.35. The number of aliphatic hydroxyl groups is 2. The van der Waals surface area contributed by atoms with Crippen molar-refractivity contribution < 1.29 is 10.2 Å². The predicted octanol–water partition coefficient (Wildman–Crippen LogP) is 2.54. The first-order valence-electron chi connectivity index (χ1n) is 7.71. The van der Waals surface area contributed by atoms with Crippen molar-refractivity contribution in [2.24, 2.45) is 0 Å². The van der Waals surface area contributed by atoms with Gasteiger partial charge in [0.1, 0.15) is 11.9 Å². The highest BCUT2D eigenvalue weighted by atomic mass is 16.3. The van der Waals surface area contributed by atoms with Crippen LogP contribution < -0.4 is 5.73 Å². The van der Waals surface area contributed by atoms with E-state index in [2.05, 4.69) is 4.98 Å². The van der Waals surface area contributed by atoms with Crippen molar-refractivity contribution in [2.45, 2.75) is 57.3 Å². The molecular weight excluding hydrogens is 266 g/mol. The van der Waals surface area contributed by atoms with E-state index in [1.165, 1.54) is 0 Å². The second-order valence-electron chi connectivity index (χ2n) is 6.04. The van der Waals surface area contributed by atoms with Crippen LogP contribution in [0.25, 0.3) is 11.0 Å². The van der Waals surface area contributed by atoms with Gasteiger partial charge in [-0.15, -0.1) is 0 Å². The summed E-state index contributed by atoms with van der Waals surface area (Å²) in [6, 6.07) is 5.57. The third-order valence-corrected chi connectivity index (χ3v) is 4.39. The molecule has 1 aromatic carbocycles. The van der Waals surface area contributed by atoms with Crippen LogP contribution in [0.2, 0.25) is 0 Å². The smallest absolute Gasteiger partial charge is 0.138 e. The molecule has 5 heteroatoms. The summed E-state index contributed by atoms with van der Waals surface area (Å²) in [7, 11) is 0. The lowest BCUT2D eigenvalue weighted by atomic mass is 10.0. The Bertz CT molecular complexity index is 636. The summed E-state index contributed by atoms with van der Waals surface area (Å²) < 4.78 is 2.02. The van der Waals surface area contributed by atoms with Gasteiger partial charge in [-0.25, -0.2) is 4.98 Å². The van der Waals surface area contributed by atoms with E-state index in [0.29, 0.717) is 11.5 Å². The molecule has 114 valence electrons. The summed E-state index contributed by atoms with van der Waals surface area (Å²) in [6.45, 7) is 1.71. The highest BCUT2D eigenvalue weighted by Gasteiger charge is 2.28. The summed E-state index contributed by atoms with van der Waals surface area (Å²) >= 11 is 0. The molecule has 0 spiro atoms. The Balaban J connectivity index is 2.16. The van der Waals surface area contributed by atoms with Gasteiger partial charge in [-0.1, -0.05) is 19.3 Å². The summed E-state index contributed by atoms with van der Waals surface area (Å²) in [5.41, 5.74) is 8.20. The number of fused-ring (bicyclic) bond motifs is 1. The van der Waals surface area contributed by atoms with Gasteiger partial charge < -0.3 is 20.5 Å². The Morgan fingerprint density at radius 2 is 2.05 bits per heavy atom. The largest absolute Gasteiger partial charge is 0.399 e. The molecule has 1 aliphatic carbocycles. The number of nitrogens with two attached hydrogens (primary N) is 1. The molecule has 4 N–H and O–H groups in total. The van der Waals surface area contributed by atoms with Crippen molar-refractivity contribution in [1.29, 1.82) is 0 Å². The Hall–Kier alpha value is -1.59. The lowest BCUT2D eigenvalue weighted by Crippen LogP contribution is -2.25. The summed E-state index contributed by atoms with van der Waals surface area (Å²) in [4.78, 5) is 4.54. The van der Waals surface area contributed by atoms with Crippen molar-refractivity contribution in [3.05, 3.63) is 24.0 Å². The molecule has 3 unspecified atom stereocenters. The number of anilines is 1. The molecule has 1 aromatic heterocycles. The molecule has 0 aliphatic heterocycles. The Morgan fingerprint density at radius 3 is 2.81 bits per heavy atom. The number of imidazole rings is 1. The van der Waals surface area contributed by atoms with Crippen LogP contribution in [0.4, 0.5) is 5.69 Å². The molecule has 2 aromatic rings. The SMILES string of the molecule is CC(O)c1nc2cc(N)ccc2n1C1CCCCCC1O. The number of nitrogens with zero attached hydrogens (tertiary/aromatic N) is 2. The fourth-order valence-corrected chi connectivity index (χ4v) is 3.35. The van der Waals surface area contributed by atoms with Gasteiger partial charge in [0.25, 0.3) is 0 Å². The molecule has 3 rings (SSSR count). The number of aliphatic hydroxyl groups excluding tert-OH is 2. The standard InChI is InChI=1S/C16H23N3O2/c1-10(20)16-18-12-9-11(17)7-8-13(12)19(16)14-5-3-2-4-6-15(14)21/h7-10,14-15,20-21H,2-6,17H2,1H3. The summed E-state index contributed by atoms with van der Waals surface area (Å²) in [6.07, 6.45) is 3.96. The van der Waals surface area contributed by atoms with Crippen LogP contribution in [0, 0.1) is 0 Å². The third-order valence-electron chi connectivity index (χ3n) is 4.39. The average Bonchev–Trinajstić information content (AvgIpc) is 2.68. The summed E-state index contributed by atoms with van der Waals surface area (Å²) in [5, 5.41) is 20.6. The Morgan fingerprint density at radius 1 is 1.29 bits per heavy atom. The number of rotatable bonds is 2. The van der Waals surface area contributed by atoms with E-state index in [1.54, 1.807) is 6.92 Å². The number of nitrogen functional groups attached to an aromatic ring is 1. The van der Waals surface area contributed by atoms with Crippen LogP contribution in [0.5, 0.6) is 0 Å². The number of benzene rings is 1. The molecule has 0 amide bonds. The maximum Gasteiger partial charge on any atom is 0.138 e. The molecule has 5 nitrogen and oxygen atoms in total. The molecule has 1 aliphatic rings. The quantitative estimate of drug-likeness (QED) is 0.586. The van der Waals surface area contributed by atoms with Gasteiger partial charge in [-0.3, -0.25) is 0 Å². The third kappa shape index (κ3) is 2.63. The molecule has 21 heavy (non-hydrogen) atoms. The topological polar surface area (TPSA) is 84.3 Å². The molecule has 0 bridgehead atoms. The highest BCUT2D eigenvalue weighted by molar-refractivity contribution is 5.80. The second kappa shape index (κ2) is 5.66. The zero-order valence-corrected chi connectivity index (χ0v) is 12.4. The Labute approximate surface area is 124 Å². The maximum atomic E-state index is 10.5. The fraction of sp³-hybridized carbons (Fsp3) is 0.562. The predicted molar refractivity (Wildman–Crippen MR) is 82.9 cm³/mol. The monoisotopic (exact) mass is 289 g/mol. The van der Waals surface area contributed by atoms with E-state index in [-0.39, 0.29) is 12.1 Å². The van der Waals surface area contributed by atoms with Crippen LogP contribution in [-0.2, 0) is 0 Å². The van der Waals surface area contributed by atoms with Crippen molar-refractivity contribution in [2.75, 3.05) is 5.73 Å². The van der Waals surface area contributed by atoms with Gasteiger partial charge in [0.2, 0.25) is 0 Å². The van der Waals surface area contributed by atoms with Gasteiger partial charge in [0, 0.05) is 5.69 Å².